The largest absolute Gasteiger partial charge is 0.381 e. The van der Waals surface area contributed by atoms with Gasteiger partial charge >= 0.3 is 0 Å². The van der Waals surface area contributed by atoms with Crippen molar-refractivity contribution in [2.75, 3.05) is 39.5 Å². The molecular formula is C17H28N2O4. The van der Waals surface area contributed by atoms with Crippen LogP contribution in [-0.4, -0.2) is 73.6 Å². The van der Waals surface area contributed by atoms with Crippen molar-refractivity contribution in [3.63, 3.8) is 0 Å². The number of fused-ring (bicyclic) bond motifs is 1. The molecule has 0 aliphatic carbocycles. The first-order valence-electron chi connectivity index (χ1n) is 9.20. The van der Waals surface area contributed by atoms with Crippen LogP contribution in [0.25, 0.3) is 0 Å². The highest BCUT2D eigenvalue weighted by Gasteiger charge is 2.44. The van der Waals surface area contributed by atoms with E-state index in [1.165, 1.54) is 0 Å². The van der Waals surface area contributed by atoms with Crippen LogP contribution in [0.1, 0.15) is 38.5 Å². The number of hydrogen-bond donors (Lipinski definition) is 0. The number of amides is 1. The van der Waals surface area contributed by atoms with E-state index in [2.05, 4.69) is 4.90 Å². The highest BCUT2D eigenvalue weighted by molar-refractivity contribution is 5.75. The highest BCUT2D eigenvalue weighted by Crippen LogP contribution is 2.36. The number of nitrogens with zero attached hydrogens (tertiary/aromatic N) is 2. The van der Waals surface area contributed by atoms with Gasteiger partial charge in [-0.2, -0.15) is 0 Å². The number of carbonyl (C=O) groups is 1. The molecule has 0 aromatic heterocycles. The van der Waals surface area contributed by atoms with Crippen molar-refractivity contribution in [3.8, 4) is 0 Å². The first-order valence-corrected chi connectivity index (χ1v) is 9.20. The molecule has 0 bridgehead atoms. The maximum atomic E-state index is 12.3. The van der Waals surface area contributed by atoms with Gasteiger partial charge in [-0.25, -0.2) is 5.06 Å². The molecule has 4 heterocycles. The Morgan fingerprint density at radius 2 is 1.96 bits per heavy atom. The van der Waals surface area contributed by atoms with Gasteiger partial charge in [0, 0.05) is 44.8 Å². The van der Waals surface area contributed by atoms with Crippen LogP contribution in [0.2, 0.25) is 0 Å². The number of hydrogen-bond acceptors (Lipinski definition) is 5. The van der Waals surface area contributed by atoms with Gasteiger partial charge in [0.05, 0.1) is 25.2 Å². The van der Waals surface area contributed by atoms with Crippen LogP contribution in [0.4, 0.5) is 0 Å². The van der Waals surface area contributed by atoms with Crippen molar-refractivity contribution in [3.05, 3.63) is 0 Å². The van der Waals surface area contributed by atoms with Crippen LogP contribution in [0.15, 0.2) is 0 Å². The first kappa shape index (κ1) is 15.8. The smallest absolute Gasteiger partial charge is 0.248 e. The van der Waals surface area contributed by atoms with Gasteiger partial charge in [0.25, 0.3) is 0 Å². The summed E-state index contributed by atoms with van der Waals surface area (Å²) >= 11 is 0. The Balaban J connectivity index is 1.24. The summed E-state index contributed by atoms with van der Waals surface area (Å²) in [6.07, 6.45) is 6.28. The van der Waals surface area contributed by atoms with Crippen LogP contribution in [-0.2, 0) is 19.1 Å². The third kappa shape index (κ3) is 3.55. The van der Waals surface area contributed by atoms with Crippen molar-refractivity contribution in [2.45, 2.75) is 56.8 Å². The minimum absolute atomic E-state index is 0.0832. The average Bonchev–Trinajstić information content (AvgIpc) is 3.15. The number of likely N-dealkylation sites (tertiary alicyclic amines) is 1. The SMILES string of the molecule is O=C(C[C@H]1C[C@H]2CN(C3CCOCC3)C[C@H]2O1)N1CCCCO1. The summed E-state index contributed by atoms with van der Waals surface area (Å²) in [5.74, 6) is 0.689. The normalized spacial score (nSPS) is 36.3. The van der Waals surface area contributed by atoms with Gasteiger partial charge in [0.15, 0.2) is 0 Å². The van der Waals surface area contributed by atoms with Crippen LogP contribution in [0.3, 0.4) is 0 Å². The van der Waals surface area contributed by atoms with Crippen LogP contribution in [0.5, 0.6) is 0 Å². The standard InChI is InChI=1S/C17H28N2O4/c20-17(19-5-1-2-6-22-19)10-15-9-13-11-18(12-16(13)23-15)14-3-7-21-8-4-14/h13-16H,1-12H2/t13-,15+,16+/m0/s1. The minimum Gasteiger partial charge on any atom is -0.381 e. The Kier molecular flexibility index (Phi) is 4.85. The third-order valence-electron chi connectivity index (χ3n) is 5.73. The van der Waals surface area contributed by atoms with Crippen molar-refractivity contribution in [2.24, 2.45) is 5.92 Å². The van der Waals surface area contributed by atoms with Crippen LogP contribution >= 0.6 is 0 Å². The summed E-state index contributed by atoms with van der Waals surface area (Å²) in [7, 11) is 0. The lowest BCUT2D eigenvalue weighted by molar-refractivity contribution is -0.199. The molecular weight excluding hydrogens is 296 g/mol. The molecule has 0 unspecified atom stereocenters. The van der Waals surface area contributed by atoms with E-state index in [1.807, 2.05) is 0 Å². The molecule has 4 rings (SSSR count). The molecule has 4 fully saturated rings. The summed E-state index contributed by atoms with van der Waals surface area (Å²) in [5, 5.41) is 1.55. The molecule has 6 heteroatoms. The summed E-state index contributed by atoms with van der Waals surface area (Å²) in [4.78, 5) is 20.3. The fraction of sp³-hybridized carbons (Fsp3) is 0.941. The molecule has 1 amide bonds. The van der Waals surface area contributed by atoms with Crippen LogP contribution < -0.4 is 0 Å². The van der Waals surface area contributed by atoms with Gasteiger partial charge < -0.3 is 9.47 Å². The maximum Gasteiger partial charge on any atom is 0.248 e. The van der Waals surface area contributed by atoms with Crippen molar-refractivity contribution in [1.82, 2.24) is 9.96 Å². The fourth-order valence-corrected chi connectivity index (χ4v) is 4.46. The number of rotatable bonds is 3. The molecule has 23 heavy (non-hydrogen) atoms. The zero-order valence-electron chi connectivity index (χ0n) is 13.8. The lowest BCUT2D eigenvalue weighted by Gasteiger charge is -2.32. The number of carbonyl (C=O) groups excluding carboxylic acids is 1. The lowest BCUT2D eigenvalue weighted by atomic mass is 10.0. The zero-order chi connectivity index (χ0) is 15.6. The van der Waals surface area contributed by atoms with Gasteiger partial charge in [-0.3, -0.25) is 14.5 Å². The Labute approximate surface area is 138 Å². The van der Waals surface area contributed by atoms with Crippen LogP contribution in [0, 0.1) is 5.92 Å². The molecule has 4 aliphatic heterocycles. The van der Waals surface area contributed by atoms with E-state index in [9.17, 15) is 4.79 Å². The molecule has 0 radical (unpaired) electrons. The molecule has 6 nitrogen and oxygen atoms in total. The second-order valence-corrected chi connectivity index (χ2v) is 7.33. The van der Waals surface area contributed by atoms with E-state index in [0.29, 0.717) is 31.1 Å². The van der Waals surface area contributed by atoms with Crippen molar-refractivity contribution in [1.29, 1.82) is 0 Å². The number of hydroxylamine groups is 2. The zero-order valence-corrected chi connectivity index (χ0v) is 13.8. The quantitative estimate of drug-likeness (QED) is 0.781. The van der Waals surface area contributed by atoms with E-state index < -0.39 is 0 Å². The molecule has 0 N–H and O–H groups in total. The van der Waals surface area contributed by atoms with E-state index in [-0.39, 0.29) is 12.0 Å². The van der Waals surface area contributed by atoms with Crippen molar-refractivity contribution < 1.29 is 19.1 Å². The third-order valence-corrected chi connectivity index (χ3v) is 5.73. The summed E-state index contributed by atoms with van der Waals surface area (Å²) < 4.78 is 11.7. The van der Waals surface area contributed by atoms with Gasteiger partial charge in [-0.15, -0.1) is 0 Å². The highest BCUT2D eigenvalue weighted by atomic mass is 16.7. The molecule has 130 valence electrons. The summed E-state index contributed by atoms with van der Waals surface area (Å²) in [6.45, 7) is 5.34. The predicted molar refractivity (Wildman–Crippen MR) is 83.7 cm³/mol. The fourth-order valence-electron chi connectivity index (χ4n) is 4.46. The predicted octanol–water partition coefficient (Wildman–Crippen LogP) is 1.20. The average molecular weight is 324 g/mol. The molecule has 0 spiro atoms. The first-order chi connectivity index (χ1) is 11.3. The van der Waals surface area contributed by atoms with E-state index in [1.54, 1.807) is 5.06 Å². The topological polar surface area (TPSA) is 51.2 Å². The Morgan fingerprint density at radius 3 is 2.70 bits per heavy atom. The molecule has 4 aliphatic rings. The van der Waals surface area contributed by atoms with Gasteiger partial charge in [0.2, 0.25) is 5.91 Å². The Bertz CT molecular complexity index is 407. The molecule has 0 aromatic carbocycles. The van der Waals surface area contributed by atoms with Gasteiger partial charge in [-0.1, -0.05) is 0 Å². The van der Waals surface area contributed by atoms with E-state index in [4.69, 9.17) is 14.3 Å². The monoisotopic (exact) mass is 324 g/mol. The lowest BCUT2D eigenvalue weighted by Crippen LogP contribution is -2.40. The Hall–Kier alpha value is -0.690. The molecule has 3 atom stereocenters. The minimum atomic E-state index is 0.0832. The Morgan fingerprint density at radius 1 is 1.09 bits per heavy atom. The van der Waals surface area contributed by atoms with E-state index >= 15 is 0 Å². The second kappa shape index (κ2) is 7.05. The molecule has 4 saturated heterocycles. The molecule has 0 saturated carbocycles. The number of ether oxygens (including phenoxy) is 2. The van der Waals surface area contributed by atoms with Gasteiger partial charge in [0.1, 0.15) is 0 Å². The van der Waals surface area contributed by atoms with Crippen molar-refractivity contribution >= 4 is 5.91 Å². The second-order valence-electron chi connectivity index (χ2n) is 7.33. The summed E-state index contributed by atoms with van der Waals surface area (Å²) in [6, 6.07) is 0.666. The van der Waals surface area contributed by atoms with Gasteiger partial charge in [-0.05, 0) is 32.1 Å². The maximum absolute atomic E-state index is 12.3. The van der Waals surface area contributed by atoms with E-state index in [0.717, 1.165) is 65.0 Å². The summed E-state index contributed by atoms with van der Waals surface area (Å²) in [5.41, 5.74) is 0. The molecule has 0 aromatic rings.